The van der Waals surface area contributed by atoms with E-state index in [0.29, 0.717) is 34.8 Å². The van der Waals surface area contributed by atoms with Crippen molar-refractivity contribution >= 4 is 22.4 Å². The van der Waals surface area contributed by atoms with Gasteiger partial charge in [-0.1, -0.05) is 18.2 Å². The number of amides is 1. The third kappa shape index (κ3) is 4.14. The van der Waals surface area contributed by atoms with Crippen LogP contribution < -0.4 is 14.8 Å². The molecule has 0 atom stereocenters. The van der Waals surface area contributed by atoms with Crippen LogP contribution in [0.15, 0.2) is 59.5 Å². The maximum Gasteiger partial charge on any atom is 0.235 e. The molecule has 184 valence electrons. The normalized spacial score (nSPS) is 16.3. The Morgan fingerprint density at radius 2 is 1.71 bits per heavy atom. The van der Waals surface area contributed by atoms with Gasteiger partial charge in [-0.15, -0.1) is 10.8 Å². The van der Waals surface area contributed by atoms with Crippen LogP contribution in [0.1, 0.15) is 24.0 Å². The fourth-order valence-corrected chi connectivity index (χ4v) is 5.24. The molecule has 1 saturated carbocycles. The lowest BCUT2D eigenvalue weighted by Crippen LogP contribution is -2.28. The minimum Gasteiger partial charge on any atom is -0.454 e. The molecular formula is C26H27FN2O5S. The van der Waals surface area contributed by atoms with Gasteiger partial charge in [-0.3, -0.25) is 13.9 Å². The lowest BCUT2D eigenvalue weighted by molar-refractivity contribution is -0.118. The highest BCUT2D eigenvalue weighted by Gasteiger charge is 2.51. The molecule has 5 rings (SSSR count). The van der Waals surface area contributed by atoms with Gasteiger partial charge in [-0.2, -0.15) is 0 Å². The number of nitrogens with zero attached hydrogens (tertiary/aromatic N) is 1. The summed E-state index contributed by atoms with van der Waals surface area (Å²) in [5.74, 6) is 0.483. The monoisotopic (exact) mass is 498 g/mol. The van der Waals surface area contributed by atoms with Crippen molar-refractivity contribution in [1.29, 1.82) is 0 Å². The molecule has 3 aromatic carbocycles. The quantitative estimate of drug-likeness (QED) is 0.399. The van der Waals surface area contributed by atoms with Crippen LogP contribution in [0.4, 0.5) is 10.1 Å². The first kappa shape index (κ1) is 23.6. The predicted molar refractivity (Wildman–Crippen MR) is 133 cm³/mol. The Bertz CT molecular complexity index is 1310. The summed E-state index contributed by atoms with van der Waals surface area (Å²) in [6.07, 6.45) is 1.33. The number of ether oxygens (including phenoxy) is 2. The highest BCUT2D eigenvalue weighted by Crippen LogP contribution is 2.52. The van der Waals surface area contributed by atoms with Crippen LogP contribution in [-0.2, 0) is 10.2 Å². The van der Waals surface area contributed by atoms with Gasteiger partial charge in [0, 0.05) is 14.1 Å². The lowest BCUT2D eigenvalue weighted by Gasteiger charge is -2.38. The van der Waals surface area contributed by atoms with Gasteiger partial charge in [0.1, 0.15) is 5.82 Å². The minimum atomic E-state index is -3.06. The molecule has 2 aliphatic rings. The molecule has 1 amide bonds. The second-order valence-corrected chi connectivity index (χ2v) is 11.3. The lowest BCUT2D eigenvalue weighted by atomic mass is 9.94. The molecule has 0 aromatic heterocycles. The largest absolute Gasteiger partial charge is 0.454 e. The summed E-state index contributed by atoms with van der Waals surface area (Å²) in [7, 11) is 0.135. The first-order valence-electron chi connectivity index (χ1n) is 11.2. The van der Waals surface area contributed by atoms with Gasteiger partial charge in [0.25, 0.3) is 0 Å². The summed E-state index contributed by atoms with van der Waals surface area (Å²) in [5.41, 5.74) is 2.41. The SMILES string of the molecule is Cc1cc(F)c(NC(=O)C2(c3ccc4c(c3)OCO4)CC2)cc1-c1ccc(S(O)(O)N(C)C)cc1. The average molecular weight is 499 g/mol. The van der Waals surface area contributed by atoms with Crippen LogP contribution in [0, 0.1) is 12.7 Å². The van der Waals surface area contributed by atoms with Gasteiger partial charge in [0.2, 0.25) is 12.7 Å². The number of carbonyl (C=O) groups is 1. The predicted octanol–water partition coefficient (Wildman–Crippen LogP) is 5.79. The first-order valence-corrected chi connectivity index (χ1v) is 12.7. The van der Waals surface area contributed by atoms with E-state index < -0.39 is 22.0 Å². The number of hydrogen-bond acceptors (Lipinski definition) is 6. The zero-order valence-corrected chi connectivity index (χ0v) is 20.5. The van der Waals surface area contributed by atoms with E-state index in [1.165, 1.54) is 10.4 Å². The van der Waals surface area contributed by atoms with Gasteiger partial charge in [0.15, 0.2) is 11.5 Å². The van der Waals surface area contributed by atoms with Gasteiger partial charge >= 0.3 is 0 Å². The summed E-state index contributed by atoms with van der Waals surface area (Å²) >= 11 is 0. The first-order chi connectivity index (χ1) is 16.6. The summed E-state index contributed by atoms with van der Waals surface area (Å²) in [6.45, 7) is 1.95. The van der Waals surface area contributed by atoms with Gasteiger partial charge in [0.05, 0.1) is 16.0 Å². The van der Waals surface area contributed by atoms with Crippen molar-refractivity contribution in [2.75, 3.05) is 26.2 Å². The van der Waals surface area contributed by atoms with E-state index in [2.05, 4.69) is 5.32 Å². The van der Waals surface area contributed by atoms with Crippen LogP contribution in [-0.4, -0.2) is 40.2 Å². The Hall–Kier alpha value is -3.11. The molecule has 3 aromatic rings. The zero-order chi connectivity index (χ0) is 25.0. The Morgan fingerprint density at radius 3 is 2.37 bits per heavy atom. The third-order valence-electron chi connectivity index (χ3n) is 6.66. The second-order valence-electron chi connectivity index (χ2n) is 9.11. The smallest absolute Gasteiger partial charge is 0.235 e. The zero-order valence-electron chi connectivity index (χ0n) is 19.7. The van der Waals surface area contributed by atoms with Crippen molar-refractivity contribution < 1.29 is 27.8 Å². The van der Waals surface area contributed by atoms with Crippen molar-refractivity contribution in [1.82, 2.24) is 4.31 Å². The number of fused-ring (bicyclic) bond motifs is 1. The van der Waals surface area contributed by atoms with E-state index in [1.54, 1.807) is 57.4 Å². The van der Waals surface area contributed by atoms with Crippen molar-refractivity contribution in [2.24, 2.45) is 0 Å². The Balaban J connectivity index is 1.41. The molecular weight excluding hydrogens is 471 g/mol. The molecule has 1 fully saturated rings. The molecule has 7 nitrogen and oxygen atoms in total. The van der Waals surface area contributed by atoms with E-state index in [1.807, 2.05) is 12.1 Å². The van der Waals surface area contributed by atoms with Crippen LogP contribution in [0.5, 0.6) is 11.5 Å². The van der Waals surface area contributed by atoms with Crippen LogP contribution in [0.3, 0.4) is 0 Å². The molecule has 1 aliphatic carbocycles. The number of anilines is 1. The fraction of sp³-hybridized carbons (Fsp3) is 0.269. The van der Waals surface area contributed by atoms with E-state index in [-0.39, 0.29) is 18.4 Å². The number of rotatable bonds is 6. The Labute approximate surface area is 205 Å². The second kappa shape index (κ2) is 8.53. The number of carbonyl (C=O) groups excluding carboxylic acids is 1. The van der Waals surface area contributed by atoms with Crippen molar-refractivity contribution in [2.45, 2.75) is 30.1 Å². The molecule has 0 saturated heterocycles. The topological polar surface area (TPSA) is 91.3 Å². The maximum absolute atomic E-state index is 14.9. The summed E-state index contributed by atoms with van der Waals surface area (Å²) in [4.78, 5) is 13.7. The van der Waals surface area contributed by atoms with Crippen LogP contribution in [0.2, 0.25) is 0 Å². The molecule has 0 spiro atoms. The Kier molecular flexibility index (Phi) is 5.76. The van der Waals surface area contributed by atoms with Gasteiger partial charge in [-0.05, 0) is 78.4 Å². The van der Waals surface area contributed by atoms with Gasteiger partial charge < -0.3 is 14.8 Å². The number of aryl methyl sites for hydroxylation is 1. The van der Waals surface area contributed by atoms with E-state index in [9.17, 15) is 18.3 Å². The summed E-state index contributed by atoms with van der Waals surface area (Å²) < 4.78 is 47.7. The molecule has 0 radical (unpaired) electrons. The van der Waals surface area contributed by atoms with Crippen molar-refractivity contribution in [3.8, 4) is 22.6 Å². The van der Waals surface area contributed by atoms with Gasteiger partial charge in [-0.25, -0.2) is 8.70 Å². The summed E-state index contributed by atoms with van der Waals surface area (Å²) in [6, 6.07) is 15.3. The van der Waals surface area contributed by atoms with Crippen LogP contribution >= 0.6 is 10.8 Å². The molecule has 3 N–H and O–H groups in total. The molecule has 9 heteroatoms. The minimum absolute atomic E-state index is 0.101. The maximum atomic E-state index is 14.9. The third-order valence-corrected chi connectivity index (χ3v) is 8.59. The van der Waals surface area contributed by atoms with Crippen LogP contribution in [0.25, 0.3) is 11.1 Å². The molecule has 1 heterocycles. The van der Waals surface area contributed by atoms with E-state index >= 15 is 0 Å². The molecule has 35 heavy (non-hydrogen) atoms. The molecule has 1 aliphatic heterocycles. The van der Waals surface area contributed by atoms with E-state index in [4.69, 9.17) is 9.47 Å². The number of benzene rings is 3. The number of hydrogen-bond donors (Lipinski definition) is 3. The number of nitrogens with one attached hydrogen (secondary N) is 1. The molecule has 0 bridgehead atoms. The fourth-order valence-electron chi connectivity index (χ4n) is 4.32. The summed E-state index contributed by atoms with van der Waals surface area (Å²) in [5, 5.41) is 2.80. The highest BCUT2D eigenvalue weighted by atomic mass is 32.3. The number of halogens is 1. The highest BCUT2D eigenvalue weighted by molar-refractivity contribution is 8.22. The molecule has 0 unspecified atom stereocenters. The van der Waals surface area contributed by atoms with Crippen molar-refractivity contribution in [3.63, 3.8) is 0 Å². The Morgan fingerprint density at radius 1 is 1.03 bits per heavy atom. The van der Waals surface area contributed by atoms with E-state index in [0.717, 1.165) is 16.7 Å². The van der Waals surface area contributed by atoms with Crippen molar-refractivity contribution in [3.05, 3.63) is 71.5 Å². The standard InChI is InChI=1S/C26H27FN2O5S/c1-16-12-21(27)22(14-20(16)17-4-7-19(8-5-17)35(31,32)29(2)3)28-25(30)26(10-11-26)18-6-9-23-24(13-18)34-15-33-23/h4-9,12-14,31-32H,10-11,15H2,1-3H3,(H,28,30). The average Bonchev–Trinajstić information content (AvgIpc) is 3.51.